The first-order valence-electron chi connectivity index (χ1n) is 8.83. The molecule has 134 valence electrons. The Bertz CT molecular complexity index is 387. The van der Waals surface area contributed by atoms with Gasteiger partial charge in [-0.25, -0.2) is 4.79 Å². The number of carbonyl (C=O) groups excluding carboxylic acids is 1. The molecule has 0 bridgehead atoms. The molecule has 4 N–H and O–H groups in total. The van der Waals surface area contributed by atoms with E-state index in [1.807, 2.05) is 20.8 Å². The highest BCUT2D eigenvalue weighted by Crippen LogP contribution is 2.26. The third-order valence-electron chi connectivity index (χ3n) is 3.89. The van der Waals surface area contributed by atoms with Crippen LogP contribution in [0.1, 0.15) is 66.2 Å². The predicted octanol–water partition coefficient (Wildman–Crippen LogP) is 2.77. The average Bonchev–Trinajstić information content (AvgIpc) is 2.38. The highest BCUT2D eigenvalue weighted by molar-refractivity contribution is 5.78. The van der Waals surface area contributed by atoms with Crippen molar-refractivity contribution in [3.8, 4) is 0 Å². The smallest absolute Gasteiger partial charge is 0.407 e. The molecule has 0 radical (unpaired) electrons. The number of nitrogens with one attached hydrogen (secondary N) is 2. The fraction of sp³-hybridized carbons (Fsp3) is 0.882. The molecular formula is C17H34N4O2. The number of carbonyl (C=O) groups is 1. The first-order valence-corrected chi connectivity index (χ1v) is 8.83. The van der Waals surface area contributed by atoms with Crippen molar-refractivity contribution in [2.75, 3.05) is 13.1 Å². The van der Waals surface area contributed by atoms with Crippen molar-refractivity contribution in [1.82, 2.24) is 10.6 Å². The summed E-state index contributed by atoms with van der Waals surface area (Å²) in [5.41, 5.74) is 5.49. The van der Waals surface area contributed by atoms with Crippen LogP contribution in [0.3, 0.4) is 0 Å². The van der Waals surface area contributed by atoms with Gasteiger partial charge in [-0.05, 0) is 46.0 Å². The minimum absolute atomic E-state index is 0.0765. The van der Waals surface area contributed by atoms with Crippen LogP contribution in [0.4, 0.5) is 4.79 Å². The number of hydrogen-bond acceptors (Lipinski definition) is 3. The van der Waals surface area contributed by atoms with Gasteiger partial charge >= 0.3 is 6.09 Å². The summed E-state index contributed by atoms with van der Waals surface area (Å²) in [5, 5.41) is 6.04. The number of hydrogen-bond donors (Lipinski definition) is 3. The Balaban J connectivity index is 2.39. The molecule has 1 rings (SSSR count). The summed E-state index contributed by atoms with van der Waals surface area (Å²) in [6.45, 7) is 8.99. The number of nitrogens with two attached hydrogens (primary N) is 1. The second kappa shape index (κ2) is 9.63. The molecule has 0 saturated heterocycles. The van der Waals surface area contributed by atoms with Gasteiger partial charge in [-0.1, -0.05) is 26.2 Å². The van der Waals surface area contributed by atoms with Crippen molar-refractivity contribution in [3.05, 3.63) is 0 Å². The van der Waals surface area contributed by atoms with Gasteiger partial charge in [-0.3, -0.25) is 4.99 Å². The lowest BCUT2D eigenvalue weighted by atomic mass is 9.86. The summed E-state index contributed by atoms with van der Waals surface area (Å²) < 4.78 is 5.26. The Morgan fingerprint density at radius 1 is 1.39 bits per heavy atom. The minimum atomic E-state index is -0.486. The number of rotatable bonds is 8. The third kappa shape index (κ3) is 9.31. The van der Waals surface area contributed by atoms with E-state index in [9.17, 15) is 4.79 Å². The Morgan fingerprint density at radius 2 is 2.09 bits per heavy atom. The molecule has 6 nitrogen and oxygen atoms in total. The maximum atomic E-state index is 11.8. The summed E-state index contributed by atoms with van der Waals surface area (Å²) in [6.07, 6.45) is 6.55. The van der Waals surface area contributed by atoms with Crippen molar-refractivity contribution < 1.29 is 9.53 Å². The molecule has 1 fully saturated rings. The van der Waals surface area contributed by atoms with E-state index in [2.05, 4.69) is 22.5 Å². The first kappa shape index (κ1) is 19.6. The highest BCUT2D eigenvalue weighted by Gasteiger charge is 2.19. The van der Waals surface area contributed by atoms with Gasteiger partial charge in [0.2, 0.25) is 0 Å². The van der Waals surface area contributed by atoms with Crippen LogP contribution >= 0.6 is 0 Å². The lowest BCUT2D eigenvalue weighted by Gasteiger charge is -2.25. The van der Waals surface area contributed by atoms with Crippen LogP contribution < -0.4 is 16.4 Å². The number of unbranched alkanes of at least 4 members (excludes halogenated alkanes) is 1. The zero-order valence-electron chi connectivity index (χ0n) is 15.2. The zero-order valence-corrected chi connectivity index (χ0v) is 15.2. The summed E-state index contributed by atoms with van der Waals surface area (Å²) in [7, 11) is 0. The Hall–Kier alpha value is -1.46. The van der Waals surface area contributed by atoms with Crippen molar-refractivity contribution in [2.45, 2.75) is 77.9 Å². The van der Waals surface area contributed by atoms with Gasteiger partial charge in [0, 0.05) is 19.1 Å². The van der Waals surface area contributed by atoms with Crippen molar-refractivity contribution >= 4 is 12.1 Å². The Kier molecular flexibility index (Phi) is 8.20. The summed E-state index contributed by atoms with van der Waals surface area (Å²) in [6, 6.07) is 0.0765. The van der Waals surface area contributed by atoms with Gasteiger partial charge in [-0.15, -0.1) is 0 Å². The van der Waals surface area contributed by atoms with E-state index in [4.69, 9.17) is 10.5 Å². The number of alkyl carbamates (subject to hydrolysis) is 1. The van der Waals surface area contributed by atoms with Gasteiger partial charge in [0.15, 0.2) is 5.96 Å². The van der Waals surface area contributed by atoms with Gasteiger partial charge in [0.25, 0.3) is 0 Å². The Morgan fingerprint density at radius 3 is 2.61 bits per heavy atom. The molecule has 0 aromatic heterocycles. The number of amides is 1. The van der Waals surface area contributed by atoms with Gasteiger partial charge in [0.05, 0.1) is 0 Å². The second-order valence-corrected chi connectivity index (χ2v) is 7.39. The van der Waals surface area contributed by atoms with Crippen LogP contribution in [0.5, 0.6) is 0 Å². The fourth-order valence-corrected chi connectivity index (χ4v) is 2.35. The molecule has 1 aliphatic rings. The Labute approximate surface area is 140 Å². The molecule has 0 spiro atoms. The molecule has 0 heterocycles. The van der Waals surface area contributed by atoms with E-state index in [-0.39, 0.29) is 6.04 Å². The zero-order chi connectivity index (χ0) is 17.3. The molecule has 1 saturated carbocycles. The molecule has 0 aromatic rings. The van der Waals surface area contributed by atoms with Crippen LogP contribution in [-0.2, 0) is 4.74 Å². The van der Waals surface area contributed by atoms with E-state index in [0.29, 0.717) is 18.4 Å². The normalized spacial score (nSPS) is 17.3. The summed E-state index contributed by atoms with van der Waals surface area (Å²) in [4.78, 5) is 16.2. The van der Waals surface area contributed by atoms with Crippen molar-refractivity contribution in [1.29, 1.82) is 0 Å². The quantitative estimate of drug-likeness (QED) is 0.473. The molecule has 1 aliphatic carbocycles. The molecule has 6 heteroatoms. The van der Waals surface area contributed by atoms with Crippen LogP contribution in [-0.4, -0.2) is 36.8 Å². The van der Waals surface area contributed by atoms with E-state index in [1.54, 1.807) is 0 Å². The van der Waals surface area contributed by atoms with Gasteiger partial charge in [-0.2, -0.15) is 0 Å². The predicted molar refractivity (Wildman–Crippen MR) is 94.5 cm³/mol. The minimum Gasteiger partial charge on any atom is -0.444 e. The number of guanidine groups is 1. The van der Waals surface area contributed by atoms with Gasteiger partial charge < -0.3 is 21.1 Å². The lowest BCUT2D eigenvalue weighted by Crippen LogP contribution is -2.47. The third-order valence-corrected chi connectivity index (χ3v) is 3.89. The van der Waals surface area contributed by atoms with Crippen LogP contribution in [0, 0.1) is 5.92 Å². The molecular weight excluding hydrogens is 292 g/mol. The van der Waals surface area contributed by atoms with Crippen LogP contribution in [0.15, 0.2) is 4.99 Å². The van der Waals surface area contributed by atoms with E-state index in [0.717, 1.165) is 25.8 Å². The lowest BCUT2D eigenvalue weighted by molar-refractivity contribution is 0.0523. The van der Waals surface area contributed by atoms with Crippen molar-refractivity contribution in [3.63, 3.8) is 0 Å². The van der Waals surface area contributed by atoms with E-state index < -0.39 is 11.7 Å². The number of aliphatic imine (C=N–C) groups is 1. The highest BCUT2D eigenvalue weighted by atomic mass is 16.6. The second-order valence-electron chi connectivity index (χ2n) is 7.39. The van der Waals surface area contributed by atoms with Crippen LogP contribution in [0.25, 0.3) is 0 Å². The number of nitrogens with zero attached hydrogens (tertiary/aromatic N) is 1. The molecule has 1 amide bonds. The van der Waals surface area contributed by atoms with Crippen molar-refractivity contribution in [2.24, 2.45) is 16.6 Å². The number of ether oxygens (including phenoxy) is 1. The first-order chi connectivity index (χ1) is 10.8. The summed E-state index contributed by atoms with van der Waals surface area (Å²) in [5.74, 6) is 1.17. The SMILES string of the molecule is CCCCC(CNC(=O)OC(C)(C)C)NC(N)=NCC1CCC1. The van der Waals surface area contributed by atoms with Gasteiger partial charge in [0.1, 0.15) is 5.60 Å². The molecule has 1 atom stereocenters. The largest absolute Gasteiger partial charge is 0.444 e. The topological polar surface area (TPSA) is 88.7 Å². The fourth-order valence-electron chi connectivity index (χ4n) is 2.35. The monoisotopic (exact) mass is 326 g/mol. The molecule has 0 aliphatic heterocycles. The average molecular weight is 326 g/mol. The van der Waals surface area contributed by atoms with Crippen LogP contribution in [0.2, 0.25) is 0 Å². The maximum Gasteiger partial charge on any atom is 0.407 e. The molecule has 23 heavy (non-hydrogen) atoms. The van der Waals surface area contributed by atoms with E-state index in [1.165, 1.54) is 19.3 Å². The summed E-state index contributed by atoms with van der Waals surface area (Å²) >= 11 is 0. The maximum absolute atomic E-state index is 11.8. The van der Waals surface area contributed by atoms with E-state index >= 15 is 0 Å². The molecule has 0 aromatic carbocycles. The standard InChI is InChI=1S/C17H34N4O2/c1-5-6-10-14(12-20-16(22)23-17(2,3)4)21-15(18)19-11-13-8-7-9-13/h13-14H,5-12H2,1-4H3,(H,20,22)(H3,18,19,21). The molecule has 1 unspecified atom stereocenters.